The maximum atomic E-state index is 12.9. The van der Waals surface area contributed by atoms with E-state index in [0.717, 1.165) is 23.6 Å². The lowest BCUT2D eigenvalue weighted by atomic mass is 10.0. The van der Waals surface area contributed by atoms with Crippen LogP contribution in [0, 0.1) is 0 Å². The van der Waals surface area contributed by atoms with Gasteiger partial charge >= 0.3 is 0 Å². The third kappa shape index (κ3) is 3.16. The van der Waals surface area contributed by atoms with Gasteiger partial charge in [0, 0.05) is 31.7 Å². The molecule has 0 saturated carbocycles. The summed E-state index contributed by atoms with van der Waals surface area (Å²) in [6, 6.07) is 4.19. The molecule has 9 nitrogen and oxygen atoms in total. The molecule has 148 valence electrons. The van der Waals surface area contributed by atoms with E-state index in [1.165, 1.54) is 0 Å². The minimum atomic E-state index is -0.950. The number of ether oxygens (including phenoxy) is 1. The first-order valence-electron chi connectivity index (χ1n) is 9.42. The number of nitrogens with two attached hydrogens (primary N) is 1. The Labute approximate surface area is 161 Å². The van der Waals surface area contributed by atoms with Crippen LogP contribution in [-0.2, 0) is 14.3 Å². The molecule has 28 heavy (non-hydrogen) atoms. The van der Waals surface area contributed by atoms with Crippen LogP contribution < -0.4 is 16.0 Å². The number of amides is 4. The molecule has 0 aromatic heterocycles. The Hall–Kier alpha value is -2.78. The average Bonchev–Trinajstić information content (AvgIpc) is 3.24. The second-order valence-corrected chi connectivity index (χ2v) is 7.19. The van der Waals surface area contributed by atoms with Crippen LogP contribution in [0.1, 0.15) is 40.0 Å². The van der Waals surface area contributed by atoms with Crippen LogP contribution in [0.5, 0.6) is 0 Å². The quantitative estimate of drug-likeness (QED) is 0.663. The maximum Gasteiger partial charge on any atom is 0.262 e. The minimum absolute atomic E-state index is 0.0918. The third-order valence-electron chi connectivity index (χ3n) is 5.40. The molecule has 3 aliphatic heterocycles. The monoisotopic (exact) mass is 386 g/mol. The zero-order chi connectivity index (χ0) is 19.8. The molecule has 2 saturated heterocycles. The Morgan fingerprint density at radius 1 is 1.11 bits per heavy atom. The number of hydrogen-bond donors (Lipinski definition) is 2. The number of rotatable bonds is 5. The van der Waals surface area contributed by atoms with Crippen molar-refractivity contribution in [3.05, 3.63) is 29.3 Å². The van der Waals surface area contributed by atoms with Gasteiger partial charge in [0.25, 0.3) is 11.8 Å². The van der Waals surface area contributed by atoms with Crippen LogP contribution in [0.25, 0.3) is 0 Å². The number of nitrogens with one attached hydrogen (secondary N) is 1. The Morgan fingerprint density at radius 2 is 1.89 bits per heavy atom. The molecule has 1 aromatic rings. The fraction of sp³-hybridized carbons (Fsp3) is 0.474. The summed E-state index contributed by atoms with van der Waals surface area (Å²) in [4.78, 5) is 52.2. The first kappa shape index (κ1) is 18.6. The van der Waals surface area contributed by atoms with Gasteiger partial charge in [0.2, 0.25) is 11.8 Å². The summed E-state index contributed by atoms with van der Waals surface area (Å²) in [5, 5.41) is 2.20. The van der Waals surface area contributed by atoms with E-state index in [0.29, 0.717) is 25.3 Å². The molecule has 1 aromatic carbocycles. The van der Waals surface area contributed by atoms with Gasteiger partial charge < -0.3 is 15.4 Å². The van der Waals surface area contributed by atoms with Crippen LogP contribution in [0.4, 0.5) is 5.69 Å². The van der Waals surface area contributed by atoms with Crippen LogP contribution >= 0.6 is 0 Å². The number of hydrogen-bond acceptors (Lipinski definition) is 7. The molecule has 0 bridgehead atoms. The minimum Gasteiger partial charge on any atom is -0.375 e. The van der Waals surface area contributed by atoms with Gasteiger partial charge in [-0.1, -0.05) is 0 Å². The lowest BCUT2D eigenvalue weighted by Gasteiger charge is -2.27. The number of fused-ring (bicyclic) bond motifs is 1. The fourth-order valence-corrected chi connectivity index (χ4v) is 3.99. The molecule has 9 heteroatoms. The molecule has 0 aliphatic carbocycles. The summed E-state index contributed by atoms with van der Waals surface area (Å²) in [7, 11) is 0. The second kappa shape index (κ2) is 7.33. The van der Waals surface area contributed by atoms with Crippen molar-refractivity contribution in [2.75, 3.05) is 31.1 Å². The van der Waals surface area contributed by atoms with Crippen molar-refractivity contribution in [1.82, 2.24) is 10.2 Å². The summed E-state index contributed by atoms with van der Waals surface area (Å²) in [6.45, 7) is 2.46. The van der Waals surface area contributed by atoms with Crippen LogP contribution in [-0.4, -0.2) is 66.9 Å². The highest BCUT2D eigenvalue weighted by Gasteiger charge is 2.44. The third-order valence-corrected chi connectivity index (χ3v) is 5.40. The van der Waals surface area contributed by atoms with Gasteiger partial charge in [-0.15, -0.1) is 0 Å². The molecule has 0 radical (unpaired) electrons. The molecular weight excluding hydrogens is 364 g/mol. The number of anilines is 1. The summed E-state index contributed by atoms with van der Waals surface area (Å²) in [6.07, 6.45) is 1.21. The van der Waals surface area contributed by atoms with E-state index in [1.54, 1.807) is 12.1 Å². The largest absolute Gasteiger partial charge is 0.375 e. The molecular formula is C19H22N4O5. The first-order valence-corrected chi connectivity index (χ1v) is 9.42. The van der Waals surface area contributed by atoms with E-state index in [4.69, 9.17) is 10.5 Å². The summed E-state index contributed by atoms with van der Waals surface area (Å²) in [5.41, 5.74) is 6.89. The highest BCUT2D eigenvalue weighted by atomic mass is 16.5. The predicted molar refractivity (Wildman–Crippen MR) is 98.7 cm³/mol. The van der Waals surface area contributed by atoms with E-state index in [9.17, 15) is 19.2 Å². The molecule has 2 atom stereocenters. The van der Waals surface area contributed by atoms with Crippen LogP contribution in [0.15, 0.2) is 18.2 Å². The van der Waals surface area contributed by atoms with Gasteiger partial charge in [-0.25, -0.2) is 0 Å². The molecule has 4 rings (SSSR count). The normalized spacial score (nSPS) is 24.8. The molecule has 4 amide bonds. The second-order valence-electron chi connectivity index (χ2n) is 7.19. The van der Waals surface area contributed by atoms with Crippen LogP contribution in [0.3, 0.4) is 0 Å². The molecule has 3 aliphatic rings. The maximum absolute atomic E-state index is 12.9. The van der Waals surface area contributed by atoms with Gasteiger partial charge in [-0.2, -0.15) is 0 Å². The van der Waals surface area contributed by atoms with Crippen LogP contribution in [0.2, 0.25) is 0 Å². The number of carbonyl (C=O) groups is 4. The first-order chi connectivity index (χ1) is 13.5. The molecule has 3 heterocycles. The number of imide groups is 2. The Balaban J connectivity index is 1.53. The zero-order valence-electron chi connectivity index (χ0n) is 15.3. The van der Waals surface area contributed by atoms with Crippen molar-refractivity contribution in [2.24, 2.45) is 5.73 Å². The lowest BCUT2D eigenvalue weighted by Crippen LogP contribution is -2.54. The van der Waals surface area contributed by atoms with Crippen molar-refractivity contribution < 1.29 is 23.9 Å². The van der Waals surface area contributed by atoms with Gasteiger partial charge in [-0.3, -0.25) is 29.4 Å². The Kier molecular flexibility index (Phi) is 4.86. The summed E-state index contributed by atoms with van der Waals surface area (Å²) in [5.74, 6) is -1.98. The van der Waals surface area contributed by atoms with Crippen molar-refractivity contribution in [2.45, 2.75) is 31.4 Å². The standard InChI is InChI=1S/C19H22N4O5/c20-6-8-28-12-5-7-22(10-12)11-1-2-13-14(9-11)19(27)23(18(13)26)15-3-4-16(24)21-17(15)25/h1-2,9,12,15H,3-8,10,20H2,(H,21,24,25). The van der Waals surface area contributed by atoms with E-state index >= 15 is 0 Å². The Bertz CT molecular complexity index is 855. The van der Waals surface area contributed by atoms with E-state index in [1.807, 2.05) is 6.07 Å². The predicted octanol–water partition coefficient (Wildman–Crippen LogP) is -0.358. The molecule has 2 unspecified atom stereocenters. The zero-order valence-corrected chi connectivity index (χ0v) is 15.3. The molecule has 2 fully saturated rings. The van der Waals surface area contributed by atoms with E-state index in [-0.39, 0.29) is 30.4 Å². The SMILES string of the molecule is NCCOC1CCN(c2ccc3c(c2)C(=O)N(C2CCC(=O)NC2=O)C3=O)C1. The summed E-state index contributed by atoms with van der Waals surface area (Å²) >= 11 is 0. The summed E-state index contributed by atoms with van der Waals surface area (Å²) < 4.78 is 5.68. The van der Waals surface area contributed by atoms with E-state index < -0.39 is 23.8 Å². The van der Waals surface area contributed by atoms with Gasteiger partial charge in [-0.05, 0) is 31.0 Å². The van der Waals surface area contributed by atoms with Crippen molar-refractivity contribution in [3.8, 4) is 0 Å². The highest BCUT2D eigenvalue weighted by Crippen LogP contribution is 2.31. The lowest BCUT2D eigenvalue weighted by molar-refractivity contribution is -0.136. The van der Waals surface area contributed by atoms with Gasteiger partial charge in [0.15, 0.2) is 0 Å². The highest BCUT2D eigenvalue weighted by molar-refractivity contribution is 6.23. The van der Waals surface area contributed by atoms with Gasteiger partial charge in [0.05, 0.1) is 23.8 Å². The number of benzene rings is 1. The topological polar surface area (TPSA) is 122 Å². The van der Waals surface area contributed by atoms with E-state index in [2.05, 4.69) is 10.2 Å². The smallest absolute Gasteiger partial charge is 0.262 e. The number of carbonyl (C=O) groups excluding carboxylic acids is 4. The molecule has 0 spiro atoms. The molecule has 3 N–H and O–H groups in total. The van der Waals surface area contributed by atoms with Crippen molar-refractivity contribution >= 4 is 29.3 Å². The number of piperidine rings is 1. The van der Waals surface area contributed by atoms with Crippen molar-refractivity contribution in [3.63, 3.8) is 0 Å². The van der Waals surface area contributed by atoms with Gasteiger partial charge in [0.1, 0.15) is 6.04 Å². The van der Waals surface area contributed by atoms with Crippen molar-refractivity contribution in [1.29, 1.82) is 0 Å². The average molecular weight is 386 g/mol. The number of nitrogens with zero attached hydrogens (tertiary/aromatic N) is 2. The Morgan fingerprint density at radius 3 is 2.64 bits per heavy atom. The fourth-order valence-electron chi connectivity index (χ4n) is 3.99.